The van der Waals surface area contributed by atoms with Crippen molar-refractivity contribution in [2.75, 3.05) is 0 Å². The quantitative estimate of drug-likeness (QED) is 0.115. The summed E-state index contributed by atoms with van der Waals surface area (Å²) in [6, 6.07) is 52.4. The maximum Gasteiger partial charge on any atom is 0.234 e. The van der Waals surface area contributed by atoms with Gasteiger partial charge in [0.25, 0.3) is 0 Å². The van der Waals surface area contributed by atoms with Crippen LogP contribution in [0.3, 0.4) is 0 Å². The van der Waals surface area contributed by atoms with Crippen molar-refractivity contribution < 1.29 is 9.47 Å². The highest BCUT2D eigenvalue weighted by atomic mass is 16.5. The van der Waals surface area contributed by atoms with Gasteiger partial charge >= 0.3 is 0 Å². The van der Waals surface area contributed by atoms with Gasteiger partial charge in [-0.1, -0.05) is 100 Å². The summed E-state index contributed by atoms with van der Waals surface area (Å²) in [7, 11) is 0. The van der Waals surface area contributed by atoms with Gasteiger partial charge in [0.2, 0.25) is 5.95 Å². The Kier molecular flexibility index (Phi) is 11.9. The maximum absolute atomic E-state index is 6.59. The molecule has 0 spiro atoms. The second kappa shape index (κ2) is 18.5. The number of nitrogens with zero attached hydrogens (tertiary/aromatic N) is 5. The normalized spacial score (nSPS) is 11.5. The maximum atomic E-state index is 6.59. The van der Waals surface area contributed by atoms with Gasteiger partial charge in [-0.15, -0.1) is 0 Å². The molecule has 0 bridgehead atoms. The third-order valence-electron chi connectivity index (χ3n) is 12.2. The molecule has 0 fully saturated rings. The Morgan fingerprint density at radius 1 is 0.433 bits per heavy atom. The molecule has 0 atom stereocenters. The van der Waals surface area contributed by atoms with Gasteiger partial charge in [-0.3, -0.25) is 14.5 Å². The summed E-state index contributed by atoms with van der Waals surface area (Å²) < 4.78 is 15.2. The molecule has 0 saturated heterocycles. The first-order chi connectivity index (χ1) is 32.6. The number of hydrogen-bond acceptors (Lipinski definition) is 6. The van der Waals surface area contributed by atoms with Crippen LogP contribution in [0.15, 0.2) is 176 Å². The fourth-order valence-electron chi connectivity index (χ4n) is 9.05. The highest BCUT2D eigenvalue weighted by molar-refractivity contribution is 6.09. The minimum absolute atomic E-state index is 0.550. The largest absolute Gasteiger partial charge is 0.457 e. The summed E-state index contributed by atoms with van der Waals surface area (Å²) in [5.74, 6) is 4.61. The number of pyridine rings is 2. The molecule has 0 aliphatic rings. The topological polar surface area (TPSA) is 75.0 Å². The molecule has 10 rings (SSSR count). The minimum Gasteiger partial charge on any atom is -0.457 e. The smallest absolute Gasteiger partial charge is 0.234 e. The molecule has 330 valence electrons. The zero-order chi connectivity index (χ0) is 46.0. The van der Waals surface area contributed by atoms with Crippen LogP contribution in [0.1, 0.15) is 49.9 Å². The van der Waals surface area contributed by atoms with Gasteiger partial charge in [0.1, 0.15) is 23.0 Å². The first kappa shape index (κ1) is 43.0. The molecule has 0 N–H and O–H groups in total. The van der Waals surface area contributed by atoms with Crippen molar-refractivity contribution in [3.05, 3.63) is 199 Å². The summed E-state index contributed by atoms with van der Waals surface area (Å²) in [5.41, 5.74) is 15.2. The second-order valence-corrected chi connectivity index (χ2v) is 18.4. The summed E-state index contributed by atoms with van der Waals surface area (Å²) in [6.45, 7) is 13.3. The number of benzene rings is 6. The molecule has 10 aromatic rings. The van der Waals surface area contributed by atoms with Gasteiger partial charge in [0, 0.05) is 69.9 Å². The summed E-state index contributed by atoms with van der Waals surface area (Å²) in [5, 5.41) is 2.09. The third-order valence-corrected chi connectivity index (χ3v) is 12.2. The average Bonchev–Trinajstić information content (AvgIpc) is 3.65. The number of aromatic nitrogens is 5. The lowest BCUT2D eigenvalue weighted by molar-refractivity contribution is 0.483. The van der Waals surface area contributed by atoms with Gasteiger partial charge in [-0.25, -0.2) is 9.97 Å². The van der Waals surface area contributed by atoms with Crippen molar-refractivity contribution in [2.45, 2.75) is 54.4 Å². The van der Waals surface area contributed by atoms with Crippen LogP contribution >= 0.6 is 0 Å². The van der Waals surface area contributed by atoms with Crippen molar-refractivity contribution >= 4 is 21.8 Å². The fourth-order valence-corrected chi connectivity index (χ4v) is 9.05. The number of fused-ring (bicyclic) bond motifs is 3. The van der Waals surface area contributed by atoms with Crippen LogP contribution in [-0.4, -0.2) is 24.5 Å². The molecular formula is C60H53N5O2. The molecule has 0 aliphatic carbocycles. The van der Waals surface area contributed by atoms with Crippen LogP contribution < -0.4 is 9.47 Å². The molecule has 6 aromatic carbocycles. The molecule has 4 aromatic heterocycles. The molecule has 4 heterocycles. The van der Waals surface area contributed by atoms with Crippen molar-refractivity contribution in [3.8, 4) is 73.7 Å². The first-order valence-electron chi connectivity index (χ1n) is 23.2. The molecule has 67 heavy (non-hydrogen) atoms. The zero-order valence-corrected chi connectivity index (χ0v) is 38.9. The van der Waals surface area contributed by atoms with Crippen molar-refractivity contribution in [2.24, 2.45) is 11.8 Å². The Morgan fingerprint density at radius 2 is 0.866 bits per heavy atom. The molecular weight excluding hydrogens is 823 g/mol. The van der Waals surface area contributed by atoms with E-state index in [-0.39, 0.29) is 0 Å². The van der Waals surface area contributed by atoms with Gasteiger partial charge in [-0.05, 0) is 139 Å². The van der Waals surface area contributed by atoms with E-state index < -0.39 is 0 Å². The van der Waals surface area contributed by atoms with Gasteiger partial charge < -0.3 is 9.47 Å². The van der Waals surface area contributed by atoms with E-state index in [1.165, 1.54) is 33.4 Å². The lowest BCUT2D eigenvalue weighted by atomic mass is 9.97. The molecule has 0 aliphatic heterocycles. The average molecular weight is 876 g/mol. The highest BCUT2D eigenvalue weighted by Gasteiger charge is 2.17. The number of rotatable bonds is 13. The fraction of sp³-hybridized carbons (Fsp3) is 0.167. The summed E-state index contributed by atoms with van der Waals surface area (Å²) in [6.07, 6.45) is 9.63. The van der Waals surface area contributed by atoms with Crippen LogP contribution in [0.4, 0.5) is 0 Å². The number of ether oxygens (including phenoxy) is 2. The van der Waals surface area contributed by atoms with Crippen LogP contribution in [0, 0.1) is 25.7 Å². The van der Waals surface area contributed by atoms with E-state index in [0.717, 1.165) is 68.3 Å². The van der Waals surface area contributed by atoms with Crippen LogP contribution in [-0.2, 0) is 12.8 Å². The van der Waals surface area contributed by atoms with Crippen molar-refractivity contribution in [1.29, 1.82) is 0 Å². The van der Waals surface area contributed by atoms with Crippen LogP contribution in [0.2, 0.25) is 0 Å². The number of aryl methyl sites for hydroxylation is 2. The monoisotopic (exact) mass is 875 g/mol. The van der Waals surface area contributed by atoms with Gasteiger partial charge in [0.15, 0.2) is 0 Å². The highest BCUT2D eigenvalue weighted by Crippen LogP contribution is 2.38. The summed E-state index contributed by atoms with van der Waals surface area (Å²) >= 11 is 0. The third kappa shape index (κ3) is 9.32. The molecule has 0 unspecified atom stereocenters. The van der Waals surface area contributed by atoms with E-state index >= 15 is 0 Å². The van der Waals surface area contributed by atoms with E-state index in [0.29, 0.717) is 40.8 Å². The van der Waals surface area contributed by atoms with E-state index in [2.05, 4.69) is 141 Å². The minimum atomic E-state index is 0.550. The molecule has 0 radical (unpaired) electrons. The SMILES string of the molecule is Cc1cc(-c2cccc(Oc3ccc4c5ccc(Oc6cccc(-c7cc(C)c(-c8ccc(CC(C)C)cc8)cn7)c6)cc5n(-c5ncccn5)c4c3)c2)ncc1-c1ccc(CC(C)C)cc1. The molecule has 0 saturated carbocycles. The Labute approximate surface area is 392 Å². The van der Waals surface area contributed by atoms with E-state index in [4.69, 9.17) is 19.4 Å². The van der Waals surface area contributed by atoms with Crippen LogP contribution in [0.25, 0.3) is 72.5 Å². The van der Waals surface area contributed by atoms with Crippen molar-refractivity contribution in [1.82, 2.24) is 24.5 Å². The van der Waals surface area contributed by atoms with Gasteiger partial charge in [0.05, 0.1) is 22.4 Å². The predicted octanol–water partition coefficient (Wildman–Crippen LogP) is 15.6. The second-order valence-electron chi connectivity index (χ2n) is 18.4. The van der Waals surface area contributed by atoms with E-state index in [1.807, 2.05) is 79.1 Å². The Balaban J connectivity index is 0.910. The van der Waals surface area contributed by atoms with Gasteiger partial charge in [-0.2, -0.15) is 0 Å². The molecule has 7 heteroatoms. The van der Waals surface area contributed by atoms with Crippen LogP contribution in [0.5, 0.6) is 23.0 Å². The zero-order valence-electron chi connectivity index (χ0n) is 38.9. The van der Waals surface area contributed by atoms with E-state index in [1.54, 1.807) is 12.4 Å². The summed E-state index contributed by atoms with van der Waals surface area (Å²) in [4.78, 5) is 19.2. The predicted molar refractivity (Wildman–Crippen MR) is 273 cm³/mol. The Bertz CT molecular complexity index is 3170. The molecule has 0 amide bonds. The standard InChI is InChI=1S/C60H53N5O2/c1-38(2)28-42-14-18-44(19-15-42)54-36-63-56(30-40(54)5)46-10-7-12-48(32-46)66-50-22-24-52-53-25-23-51(35-59(53)65(58(52)34-50)60-61-26-9-27-62-60)67-49-13-8-11-47(33-49)57-31-41(6)55(37-64-57)45-20-16-43(17-21-45)29-39(3)4/h7-27,30-39H,28-29H2,1-6H3. The lowest BCUT2D eigenvalue weighted by Crippen LogP contribution is -2.00. The Morgan fingerprint density at radius 3 is 1.28 bits per heavy atom. The Hall–Kier alpha value is -7.90. The first-order valence-corrected chi connectivity index (χ1v) is 23.2. The lowest BCUT2D eigenvalue weighted by Gasteiger charge is -2.12. The number of hydrogen-bond donors (Lipinski definition) is 0. The molecule has 7 nitrogen and oxygen atoms in total. The van der Waals surface area contributed by atoms with Crippen molar-refractivity contribution in [3.63, 3.8) is 0 Å². The van der Waals surface area contributed by atoms with E-state index in [9.17, 15) is 0 Å².